The second kappa shape index (κ2) is 6.38. The fraction of sp³-hybridized carbons (Fsp3) is 0.400. The van der Waals surface area contributed by atoms with Gasteiger partial charge in [0.15, 0.2) is 0 Å². The Labute approximate surface area is 113 Å². The number of rotatable bonds is 6. The average molecular weight is 259 g/mol. The van der Waals surface area contributed by atoms with E-state index in [0.29, 0.717) is 13.0 Å². The van der Waals surface area contributed by atoms with Crippen molar-refractivity contribution in [3.05, 3.63) is 36.0 Å². The summed E-state index contributed by atoms with van der Waals surface area (Å²) in [6, 6.07) is 8.34. The number of hydrogen-bond acceptors (Lipinski definition) is 2. The number of benzene rings is 1. The lowest BCUT2D eigenvalue weighted by molar-refractivity contribution is -0.120. The van der Waals surface area contributed by atoms with E-state index in [9.17, 15) is 4.79 Å². The second-order valence-electron chi connectivity index (χ2n) is 4.57. The summed E-state index contributed by atoms with van der Waals surface area (Å²) in [5.74, 6) is 0.0750. The molecule has 0 radical (unpaired) electrons. The Morgan fingerprint density at radius 2 is 2.11 bits per heavy atom. The van der Waals surface area contributed by atoms with Gasteiger partial charge < -0.3 is 15.2 Å². The van der Waals surface area contributed by atoms with E-state index in [1.54, 1.807) is 7.05 Å². The molecule has 1 heterocycles. The number of aryl methyl sites for hydroxylation is 1. The molecule has 102 valence electrons. The number of carbonyl (C=O) groups is 1. The van der Waals surface area contributed by atoms with Crippen LogP contribution < -0.4 is 10.6 Å². The molecule has 1 amide bonds. The summed E-state index contributed by atoms with van der Waals surface area (Å²) in [5, 5.41) is 7.28. The number of fused-ring (bicyclic) bond motifs is 1. The van der Waals surface area contributed by atoms with E-state index in [-0.39, 0.29) is 5.91 Å². The van der Waals surface area contributed by atoms with E-state index < -0.39 is 0 Å². The van der Waals surface area contributed by atoms with Crippen molar-refractivity contribution in [1.29, 1.82) is 0 Å². The van der Waals surface area contributed by atoms with Crippen molar-refractivity contribution in [2.45, 2.75) is 26.4 Å². The standard InChI is InChI=1S/C15H21N3O/c1-3-17-10-12-11-18(9-8-15(19)16-2)14-7-5-4-6-13(12)14/h4-7,11,17H,3,8-10H2,1-2H3,(H,16,19). The molecule has 0 atom stereocenters. The van der Waals surface area contributed by atoms with Crippen molar-refractivity contribution in [3.8, 4) is 0 Å². The largest absolute Gasteiger partial charge is 0.359 e. The lowest BCUT2D eigenvalue weighted by Gasteiger charge is -2.04. The van der Waals surface area contributed by atoms with Crippen molar-refractivity contribution >= 4 is 16.8 Å². The van der Waals surface area contributed by atoms with Crippen LogP contribution in [0.15, 0.2) is 30.5 Å². The van der Waals surface area contributed by atoms with Gasteiger partial charge in [0.05, 0.1) is 0 Å². The normalized spacial score (nSPS) is 10.8. The quantitative estimate of drug-likeness (QED) is 0.832. The fourth-order valence-electron chi connectivity index (χ4n) is 2.26. The van der Waals surface area contributed by atoms with Gasteiger partial charge in [0, 0.05) is 43.7 Å². The molecule has 0 spiro atoms. The summed E-state index contributed by atoms with van der Waals surface area (Å²) in [5.41, 5.74) is 2.48. The van der Waals surface area contributed by atoms with E-state index in [1.807, 2.05) is 6.07 Å². The lowest BCUT2D eigenvalue weighted by atomic mass is 10.2. The molecule has 0 unspecified atom stereocenters. The monoisotopic (exact) mass is 259 g/mol. The number of aromatic nitrogens is 1. The smallest absolute Gasteiger partial charge is 0.221 e. The highest BCUT2D eigenvalue weighted by Crippen LogP contribution is 2.21. The summed E-state index contributed by atoms with van der Waals surface area (Å²) >= 11 is 0. The Hall–Kier alpha value is -1.81. The van der Waals surface area contributed by atoms with E-state index in [0.717, 1.165) is 13.1 Å². The molecule has 0 aliphatic heterocycles. The van der Waals surface area contributed by atoms with Gasteiger partial charge in [-0.2, -0.15) is 0 Å². The Morgan fingerprint density at radius 1 is 1.32 bits per heavy atom. The maximum atomic E-state index is 11.4. The van der Waals surface area contributed by atoms with Crippen LogP contribution >= 0.6 is 0 Å². The zero-order valence-electron chi connectivity index (χ0n) is 11.6. The number of nitrogens with zero attached hydrogens (tertiary/aromatic N) is 1. The minimum absolute atomic E-state index is 0.0750. The molecule has 4 nitrogen and oxygen atoms in total. The van der Waals surface area contributed by atoms with Crippen LogP contribution in [0.5, 0.6) is 0 Å². The van der Waals surface area contributed by atoms with E-state index in [4.69, 9.17) is 0 Å². The molecule has 2 aromatic rings. The van der Waals surface area contributed by atoms with Crippen LogP contribution in [0.2, 0.25) is 0 Å². The minimum Gasteiger partial charge on any atom is -0.359 e. The average Bonchev–Trinajstić information content (AvgIpc) is 2.81. The van der Waals surface area contributed by atoms with Gasteiger partial charge in [0.1, 0.15) is 0 Å². The van der Waals surface area contributed by atoms with Gasteiger partial charge in [-0.1, -0.05) is 25.1 Å². The predicted octanol–water partition coefficient (Wildman–Crippen LogP) is 1.89. The molecular formula is C15H21N3O. The highest BCUT2D eigenvalue weighted by Gasteiger charge is 2.08. The van der Waals surface area contributed by atoms with E-state index in [1.165, 1.54) is 16.5 Å². The first-order chi connectivity index (χ1) is 9.26. The Kier molecular flexibility index (Phi) is 4.58. The molecule has 19 heavy (non-hydrogen) atoms. The number of amides is 1. The topological polar surface area (TPSA) is 46.1 Å². The maximum Gasteiger partial charge on any atom is 0.221 e. The lowest BCUT2D eigenvalue weighted by Crippen LogP contribution is -2.19. The van der Waals surface area contributed by atoms with Crippen LogP contribution in [0, 0.1) is 0 Å². The van der Waals surface area contributed by atoms with Gasteiger partial charge in [-0.25, -0.2) is 0 Å². The molecule has 0 aliphatic rings. The molecule has 0 aliphatic carbocycles. The Bertz CT molecular complexity index is 560. The van der Waals surface area contributed by atoms with Crippen molar-refractivity contribution in [1.82, 2.24) is 15.2 Å². The molecule has 2 N–H and O–H groups in total. The summed E-state index contributed by atoms with van der Waals surface area (Å²) in [6.07, 6.45) is 2.66. The first kappa shape index (κ1) is 13.6. The van der Waals surface area contributed by atoms with Crippen LogP contribution in [0.25, 0.3) is 10.9 Å². The number of para-hydroxylation sites is 1. The van der Waals surface area contributed by atoms with Gasteiger partial charge in [-0.3, -0.25) is 4.79 Å². The van der Waals surface area contributed by atoms with Crippen molar-refractivity contribution in [2.75, 3.05) is 13.6 Å². The SMILES string of the molecule is CCNCc1cn(CCC(=O)NC)c2ccccc12. The van der Waals surface area contributed by atoms with Crippen LogP contribution in [0.3, 0.4) is 0 Å². The molecule has 0 bridgehead atoms. The molecule has 1 aromatic heterocycles. The summed E-state index contributed by atoms with van der Waals surface area (Å²) < 4.78 is 2.16. The van der Waals surface area contributed by atoms with Gasteiger partial charge >= 0.3 is 0 Å². The van der Waals surface area contributed by atoms with Gasteiger partial charge in [-0.05, 0) is 18.2 Å². The third kappa shape index (κ3) is 3.15. The third-order valence-corrected chi connectivity index (χ3v) is 3.30. The van der Waals surface area contributed by atoms with Crippen LogP contribution in [0.1, 0.15) is 18.9 Å². The van der Waals surface area contributed by atoms with Gasteiger partial charge in [0.25, 0.3) is 0 Å². The molecule has 2 rings (SSSR count). The molecule has 0 fully saturated rings. The van der Waals surface area contributed by atoms with Crippen LogP contribution in [0.4, 0.5) is 0 Å². The molecule has 4 heteroatoms. The first-order valence-corrected chi connectivity index (χ1v) is 6.74. The van der Waals surface area contributed by atoms with Crippen LogP contribution in [-0.4, -0.2) is 24.1 Å². The third-order valence-electron chi connectivity index (χ3n) is 3.30. The summed E-state index contributed by atoms with van der Waals surface area (Å²) in [6.45, 7) is 4.64. The van der Waals surface area contributed by atoms with Crippen molar-refractivity contribution in [2.24, 2.45) is 0 Å². The Balaban J connectivity index is 2.25. The number of carbonyl (C=O) groups excluding carboxylic acids is 1. The van der Waals surface area contributed by atoms with Crippen LogP contribution in [-0.2, 0) is 17.9 Å². The predicted molar refractivity (Wildman–Crippen MR) is 78.0 cm³/mol. The number of nitrogens with one attached hydrogen (secondary N) is 2. The van der Waals surface area contributed by atoms with E-state index >= 15 is 0 Å². The molecule has 0 saturated carbocycles. The minimum atomic E-state index is 0.0750. The Morgan fingerprint density at radius 3 is 2.84 bits per heavy atom. The van der Waals surface area contributed by atoms with Crippen molar-refractivity contribution in [3.63, 3.8) is 0 Å². The van der Waals surface area contributed by atoms with Gasteiger partial charge in [-0.15, -0.1) is 0 Å². The maximum absolute atomic E-state index is 11.4. The molecule has 1 aromatic carbocycles. The van der Waals surface area contributed by atoms with E-state index in [2.05, 4.69) is 46.5 Å². The fourth-order valence-corrected chi connectivity index (χ4v) is 2.26. The zero-order chi connectivity index (χ0) is 13.7. The summed E-state index contributed by atoms with van der Waals surface area (Å²) in [7, 11) is 1.67. The highest BCUT2D eigenvalue weighted by atomic mass is 16.1. The summed E-state index contributed by atoms with van der Waals surface area (Å²) in [4.78, 5) is 11.4. The first-order valence-electron chi connectivity index (χ1n) is 6.74. The molecular weight excluding hydrogens is 238 g/mol. The number of hydrogen-bond donors (Lipinski definition) is 2. The molecule has 0 saturated heterocycles. The van der Waals surface area contributed by atoms with Crippen molar-refractivity contribution < 1.29 is 4.79 Å². The highest BCUT2D eigenvalue weighted by molar-refractivity contribution is 5.84. The van der Waals surface area contributed by atoms with Gasteiger partial charge in [0.2, 0.25) is 5.91 Å². The second-order valence-corrected chi connectivity index (χ2v) is 4.57. The zero-order valence-corrected chi connectivity index (χ0v) is 11.6.